The van der Waals surface area contributed by atoms with Crippen LogP contribution >= 0.6 is 19.4 Å². The highest BCUT2D eigenvalue weighted by Gasteiger charge is 2.27. The molecule has 1 atom stereocenters. The molecule has 1 fully saturated rings. The molecular weight excluding hydrogens is 731 g/mol. The highest BCUT2D eigenvalue weighted by Crippen LogP contribution is 2.46. The third-order valence-corrected chi connectivity index (χ3v) is 12.2. The van der Waals surface area contributed by atoms with Crippen molar-refractivity contribution >= 4 is 47.1 Å². The second kappa shape index (κ2) is 24.9. The number of hydrogen-bond acceptors (Lipinski definition) is 5. The lowest BCUT2D eigenvalue weighted by molar-refractivity contribution is -0.120. The predicted octanol–water partition coefficient (Wildman–Crippen LogP) is 11.3. The predicted molar refractivity (Wildman–Crippen MR) is 229 cm³/mol. The van der Waals surface area contributed by atoms with Crippen molar-refractivity contribution in [2.24, 2.45) is 0 Å². The minimum atomic E-state index is -3.92. The number of hydrogen-bond donors (Lipinski definition) is 2. The molecule has 0 spiro atoms. The van der Waals surface area contributed by atoms with Gasteiger partial charge in [0.05, 0.1) is 19.1 Å². The maximum absolute atomic E-state index is 12.8. The number of amides is 1. The van der Waals surface area contributed by atoms with Gasteiger partial charge in [-0.25, -0.2) is 4.57 Å². The van der Waals surface area contributed by atoms with Crippen LogP contribution in [0.2, 0.25) is 5.02 Å². The van der Waals surface area contributed by atoms with E-state index in [0.29, 0.717) is 6.42 Å². The Hall–Kier alpha value is -2.65. The second-order valence-corrected chi connectivity index (χ2v) is 16.8. The zero-order chi connectivity index (χ0) is 39.3. The van der Waals surface area contributed by atoms with E-state index in [4.69, 9.17) is 20.6 Å². The van der Waals surface area contributed by atoms with Crippen LogP contribution in [-0.4, -0.2) is 63.7 Å². The molecule has 4 aromatic rings. The number of rotatable bonds is 24. The van der Waals surface area contributed by atoms with Gasteiger partial charge in [-0.1, -0.05) is 121 Å². The number of phosphoric ester groups is 1. The van der Waals surface area contributed by atoms with Crippen LogP contribution in [0, 0.1) is 0 Å². The summed E-state index contributed by atoms with van der Waals surface area (Å²) in [7, 11) is -3.92. The fraction of sp³-hybridized carbons (Fsp3) is 0.614. The lowest BCUT2D eigenvalue weighted by Crippen LogP contribution is -2.26. The first-order chi connectivity index (χ1) is 26.7. The number of unbranched alkanes of at least 4 members (excludes halogenated alkanes) is 9. The largest absolute Gasteiger partial charge is 0.472 e. The van der Waals surface area contributed by atoms with Crippen molar-refractivity contribution in [1.29, 1.82) is 0 Å². The standard InChI is InChI=1S/C38H53ClN3O5P.C6H15N/c39-33-20-21-36-31(28-33)22-24-41(36)25-26-42-30-32(35-18-12-13-19-37(35)42)29-38(43)40-23-14-7-5-3-1-2-4-6-8-15-27-46-48(44,45)47-34-16-10-9-11-17-34;1-4-7(5-2)6-3/h12-13,18-22,24,28,30,34H,1-11,14-17,23,25-27,29H2,(H,40,43)(H,44,45);4-6H2,1-3H3. The number of fused-ring (bicyclic) bond motifs is 2. The monoisotopic (exact) mass is 798 g/mol. The van der Waals surface area contributed by atoms with E-state index in [0.717, 1.165) is 104 Å². The zero-order valence-corrected chi connectivity index (χ0v) is 35.5. The topological polar surface area (TPSA) is 98.0 Å². The molecule has 1 aliphatic rings. The van der Waals surface area contributed by atoms with Gasteiger partial charge < -0.3 is 24.2 Å². The molecule has 9 nitrogen and oxygen atoms in total. The number of carbonyl (C=O) groups is 1. The molecule has 1 unspecified atom stereocenters. The summed E-state index contributed by atoms with van der Waals surface area (Å²) in [5.74, 6) is 0.0788. The molecular formula is C44H68ClN4O5P. The van der Waals surface area contributed by atoms with Crippen LogP contribution < -0.4 is 5.32 Å². The molecule has 11 heteroatoms. The van der Waals surface area contributed by atoms with E-state index >= 15 is 0 Å². The van der Waals surface area contributed by atoms with Crippen molar-refractivity contribution in [3.05, 3.63) is 71.5 Å². The van der Waals surface area contributed by atoms with Crippen LogP contribution in [0.25, 0.3) is 21.8 Å². The van der Waals surface area contributed by atoms with Crippen molar-refractivity contribution in [2.75, 3.05) is 32.8 Å². The number of para-hydroxylation sites is 1. The number of aromatic nitrogens is 2. The Morgan fingerprint density at radius 3 is 2.15 bits per heavy atom. The molecule has 0 radical (unpaired) electrons. The summed E-state index contributed by atoms with van der Waals surface area (Å²) < 4.78 is 27.1. The van der Waals surface area contributed by atoms with Crippen LogP contribution in [0.3, 0.4) is 0 Å². The minimum absolute atomic E-state index is 0.0788. The molecule has 55 heavy (non-hydrogen) atoms. The summed E-state index contributed by atoms with van der Waals surface area (Å²) in [6, 6.07) is 16.4. The zero-order valence-electron chi connectivity index (χ0n) is 33.9. The van der Waals surface area contributed by atoms with Gasteiger partial charge in [0.1, 0.15) is 0 Å². The summed E-state index contributed by atoms with van der Waals surface area (Å²) in [6.45, 7) is 12.8. The maximum atomic E-state index is 12.8. The summed E-state index contributed by atoms with van der Waals surface area (Å²) in [6.07, 6.45) is 20.6. The molecule has 1 saturated carbocycles. The molecule has 2 N–H and O–H groups in total. The van der Waals surface area contributed by atoms with Gasteiger partial charge in [0, 0.05) is 58.9 Å². The lowest BCUT2D eigenvalue weighted by atomic mass is 9.98. The molecule has 2 aromatic carbocycles. The summed E-state index contributed by atoms with van der Waals surface area (Å²) in [5, 5.41) is 6.16. The van der Waals surface area contributed by atoms with Gasteiger partial charge in [-0.15, -0.1) is 0 Å². The number of phosphoric acid groups is 1. The highest BCUT2D eigenvalue weighted by molar-refractivity contribution is 7.47. The van der Waals surface area contributed by atoms with Gasteiger partial charge >= 0.3 is 7.82 Å². The second-order valence-electron chi connectivity index (χ2n) is 14.9. The molecule has 1 amide bonds. The first kappa shape index (κ1) is 45.1. The number of nitrogens with one attached hydrogen (secondary N) is 1. The van der Waals surface area contributed by atoms with E-state index in [2.05, 4.69) is 82.8 Å². The Balaban J connectivity index is 0.000000876. The van der Waals surface area contributed by atoms with E-state index in [-0.39, 0.29) is 18.6 Å². The van der Waals surface area contributed by atoms with Crippen LogP contribution in [0.1, 0.15) is 123 Å². The third kappa shape index (κ3) is 16.0. The van der Waals surface area contributed by atoms with Crippen molar-refractivity contribution in [3.8, 4) is 0 Å². The van der Waals surface area contributed by atoms with E-state index in [1.165, 1.54) is 63.7 Å². The van der Waals surface area contributed by atoms with Gasteiger partial charge in [0.2, 0.25) is 5.91 Å². The highest BCUT2D eigenvalue weighted by atomic mass is 35.5. The molecule has 2 aromatic heterocycles. The van der Waals surface area contributed by atoms with Crippen LogP contribution in [0.15, 0.2) is 60.9 Å². The Bertz CT molecular complexity index is 1730. The van der Waals surface area contributed by atoms with Gasteiger partial charge in [0.25, 0.3) is 0 Å². The first-order valence-corrected chi connectivity index (χ1v) is 23.1. The summed E-state index contributed by atoms with van der Waals surface area (Å²) >= 11 is 6.16. The molecule has 0 aliphatic heterocycles. The Labute approximate surface area is 335 Å². The average molecular weight is 799 g/mol. The van der Waals surface area contributed by atoms with E-state index in [1.807, 2.05) is 18.2 Å². The Kier molecular flexibility index (Phi) is 20.4. The quantitative estimate of drug-likeness (QED) is 0.0541. The molecule has 0 saturated heterocycles. The van der Waals surface area contributed by atoms with Crippen molar-refractivity contribution in [3.63, 3.8) is 0 Å². The first-order valence-electron chi connectivity index (χ1n) is 21.2. The Morgan fingerprint density at radius 1 is 0.836 bits per heavy atom. The molecule has 1 aliphatic carbocycles. The SMILES string of the molecule is CCN(CC)CC.O=C(Cc1cn(CCn2ccc3cc(Cl)ccc32)c2ccccc12)NCCCCCCCCCCCCOP(=O)(O)OC1CCCCC1. The van der Waals surface area contributed by atoms with Gasteiger partial charge in [-0.05, 0) is 81.2 Å². The minimum Gasteiger partial charge on any atom is -0.356 e. The maximum Gasteiger partial charge on any atom is 0.472 e. The summed E-state index contributed by atoms with van der Waals surface area (Å²) in [5.41, 5.74) is 3.39. The van der Waals surface area contributed by atoms with Crippen molar-refractivity contribution in [1.82, 2.24) is 19.4 Å². The van der Waals surface area contributed by atoms with E-state index < -0.39 is 7.82 Å². The van der Waals surface area contributed by atoms with Crippen molar-refractivity contribution < 1.29 is 23.3 Å². The molecule has 0 bridgehead atoms. The van der Waals surface area contributed by atoms with Crippen molar-refractivity contribution in [2.45, 2.75) is 143 Å². The van der Waals surface area contributed by atoms with Crippen LogP contribution in [-0.2, 0) is 37.9 Å². The number of aryl methyl sites for hydroxylation is 2. The van der Waals surface area contributed by atoms with Crippen LogP contribution in [0.4, 0.5) is 0 Å². The van der Waals surface area contributed by atoms with Gasteiger partial charge in [-0.2, -0.15) is 0 Å². The number of benzene rings is 2. The summed E-state index contributed by atoms with van der Waals surface area (Å²) in [4.78, 5) is 25.1. The average Bonchev–Trinajstić information content (AvgIpc) is 3.75. The van der Waals surface area contributed by atoms with Gasteiger partial charge in [-0.3, -0.25) is 13.8 Å². The van der Waals surface area contributed by atoms with Crippen LogP contribution in [0.5, 0.6) is 0 Å². The fourth-order valence-electron chi connectivity index (χ4n) is 7.57. The molecule has 306 valence electrons. The number of carbonyl (C=O) groups excluding carboxylic acids is 1. The smallest absolute Gasteiger partial charge is 0.356 e. The lowest BCUT2D eigenvalue weighted by Gasteiger charge is -2.23. The third-order valence-electron chi connectivity index (χ3n) is 10.9. The van der Waals surface area contributed by atoms with Gasteiger partial charge in [0.15, 0.2) is 0 Å². The molecule has 5 rings (SSSR count). The Morgan fingerprint density at radius 2 is 1.47 bits per heavy atom. The normalized spacial score (nSPS) is 14.7. The molecule has 2 heterocycles. The van der Waals surface area contributed by atoms with E-state index in [9.17, 15) is 14.3 Å². The van der Waals surface area contributed by atoms with E-state index in [1.54, 1.807) is 0 Å². The number of halogens is 1. The number of nitrogens with zero attached hydrogens (tertiary/aromatic N) is 3. The fourth-order valence-corrected chi connectivity index (χ4v) is 8.76.